The van der Waals surface area contributed by atoms with Crippen LogP contribution in [0.3, 0.4) is 0 Å². The van der Waals surface area contributed by atoms with Gasteiger partial charge in [-0.3, -0.25) is 9.59 Å². The van der Waals surface area contributed by atoms with E-state index in [1.54, 1.807) is 37.4 Å². The van der Waals surface area contributed by atoms with E-state index in [9.17, 15) is 9.59 Å². The Hall–Kier alpha value is -2.93. The summed E-state index contributed by atoms with van der Waals surface area (Å²) in [6.07, 6.45) is 0. The van der Waals surface area contributed by atoms with E-state index in [2.05, 4.69) is 10.6 Å². The summed E-state index contributed by atoms with van der Waals surface area (Å²) in [6.45, 7) is 6.23. The normalized spacial score (nSPS) is 10.5. The van der Waals surface area contributed by atoms with Crippen LogP contribution in [0.2, 0.25) is 5.02 Å². The maximum absolute atomic E-state index is 12.4. The fourth-order valence-electron chi connectivity index (χ4n) is 2.60. The lowest BCUT2D eigenvalue weighted by atomic mass is 10.2. The molecule has 0 saturated heterocycles. The second kappa shape index (κ2) is 11.3. The highest BCUT2D eigenvalue weighted by atomic mass is 35.5. The zero-order chi connectivity index (χ0) is 22.1. The van der Waals surface area contributed by atoms with Crippen molar-refractivity contribution in [3.05, 3.63) is 47.5 Å². The molecule has 0 spiro atoms. The Bertz CT molecular complexity index is 856. The minimum Gasteiger partial charge on any atom is -0.494 e. The first-order valence-corrected chi connectivity index (χ1v) is 10.1. The number of likely N-dealkylation sites (N-methyl/N-ethyl adjacent to an activating group) is 1. The van der Waals surface area contributed by atoms with Crippen LogP contribution in [0.1, 0.15) is 20.8 Å². The van der Waals surface area contributed by atoms with Gasteiger partial charge in [0.25, 0.3) is 0 Å². The number of rotatable bonds is 10. The van der Waals surface area contributed by atoms with Crippen molar-refractivity contribution in [1.29, 1.82) is 0 Å². The molecule has 2 aromatic rings. The Kier molecular flexibility index (Phi) is 8.80. The number of amides is 2. The molecular weight excluding hydrogens is 406 g/mol. The molecule has 0 aliphatic rings. The third-order valence-electron chi connectivity index (χ3n) is 3.99. The van der Waals surface area contributed by atoms with E-state index in [0.717, 1.165) is 5.75 Å². The van der Waals surface area contributed by atoms with Gasteiger partial charge in [-0.2, -0.15) is 0 Å². The van der Waals surface area contributed by atoms with Crippen molar-refractivity contribution in [3.8, 4) is 17.2 Å². The molecule has 162 valence electrons. The molecule has 2 N–H and O–H groups in total. The third-order valence-corrected chi connectivity index (χ3v) is 4.23. The molecule has 0 heterocycles. The van der Waals surface area contributed by atoms with Gasteiger partial charge >= 0.3 is 0 Å². The Balaban J connectivity index is 2.01. The molecule has 0 atom stereocenters. The lowest BCUT2D eigenvalue weighted by Gasteiger charge is -2.19. The molecule has 8 heteroatoms. The van der Waals surface area contributed by atoms with Crippen molar-refractivity contribution < 1.29 is 19.1 Å². The van der Waals surface area contributed by atoms with Crippen LogP contribution in [0.25, 0.3) is 0 Å². The molecule has 2 amide bonds. The summed E-state index contributed by atoms with van der Waals surface area (Å²) in [5.41, 5.74) is 0.574. The number of ether oxygens (including phenoxy) is 2. The SMILES string of the molecule is CCOc1ccc(Oc2ccc(Cl)cc2NCC(=O)N(C)CC(=O)NC(C)C)cc1. The number of hydrogen-bond donors (Lipinski definition) is 2. The number of halogens is 1. The summed E-state index contributed by atoms with van der Waals surface area (Å²) in [4.78, 5) is 25.6. The fraction of sp³-hybridized carbons (Fsp3) is 0.364. The molecule has 0 radical (unpaired) electrons. The second-order valence-corrected chi connectivity index (χ2v) is 7.41. The van der Waals surface area contributed by atoms with Crippen molar-refractivity contribution in [1.82, 2.24) is 10.2 Å². The Labute approximate surface area is 182 Å². The minimum absolute atomic E-state index is 0.00849. The number of carbonyl (C=O) groups excluding carboxylic acids is 2. The molecule has 2 aromatic carbocycles. The van der Waals surface area contributed by atoms with Crippen LogP contribution in [0.4, 0.5) is 5.69 Å². The standard InChI is InChI=1S/C22H28ClN3O4/c1-5-29-17-7-9-18(10-8-17)30-20-11-6-16(23)12-19(20)24-13-22(28)26(4)14-21(27)25-15(2)3/h6-12,15,24H,5,13-14H2,1-4H3,(H,25,27). The number of carbonyl (C=O) groups is 2. The Morgan fingerprint density at radius 1 is 1.10 bits per heavy atom. The van der Waals surface area contributed by atoms with E-state index >= 15 is 0 Å². The zero-order valence-corrected chi connectivity index (χ0v) is 18.5. The van der Waals surface area contributed by atoms with Gasteiger partial charge < -0.3 is 25.0 Å². The van der Waals surface area contributed by atoms with Crippen LogP contribution in [-0.2, 0) is 9.59 Å². The maximum Gasteiger partial charge on any atom is 0.242 e. The quantitative estimate of drug-likeness (QED) is 0.593. The largest absolute Gasteiger partial charge is 0.494 e. The van der Waals surface area contributed by atoms with Gasteiger partial charge in [0.2, 0.25) is 11.8 Å². The first kappa shape index (κ1) is 23.3. The summed E-state index contributed by atoms with van der Waals surface area (Å²) >= 11 is 6.11. The van der Waals surface area contributed by atoms with E-state index in [1.807, 2.05) is 32.9 Å². The molecular formula is C22H28ClN3O4. The lowest BCUT2D eigenvalue weighted by molar-refractivity contribution is -0.133. The van der Waals surface area contributed by atoms with Gasteiger partial charge in [0.1, 0.15) is 11.5 Å². The van der Waals surface area contributed by atoms with E-state index in [1.165, 1.54) is 4.90 Å². The van der Waals surface area contributed by atoms with Gasteiger partial charge in [-0.1, -0.05) is 11.6 Å². The molecule has 0 aromatic heterocycles. The van der Waals surface area contributed by atoms with Crippen LogP contribution in [0.5, 0.6) is 17.2 Å². The maximum atomic E-state index is 12.4. The van der Waals surface area contributed by atoms with Crippen LogP contribution in [-0.4, -0.2) is 49.5 Å². The topological polar surface area (TPSA) is 79.9 Å². The van der Waals surface area contributed by atoms with Gasteiger partial charge in [0.05, 0.1) is 25.4 Å². The van der Waals surface area contributed by atoms with Gasteiger partial charge in [0.15, 0.2) is 5.75 Å². The first-order chi connectivity index (χ1) is 14.3. The fourth-order valence-corrected chi connectivity index (χ4v) is 2.78. The molecule has 0 saturated carbocycles. The van der Waals surface area contributed by atoms with Crippen molar-refractivity contribution in [2.45, 2.75) is 26.8 Å². The van der Waals surface area contributed by atoms with Gasteiger partial charge in [-0.05, 0) is 63.2 Å². The highest BCUT2D eigenvalue weighted by Crippen LogP contribution is 2.32. The Morgan fingerprint density at radius 3 is 2.40 bits per heavy atom. The summed E-state index contributed by atoms with van der Waals surface area (Å²) < 4.78 is 11.4. The number of nitrogens with one attached hydrogen (secondary N) is 2. The second-order valence-electron chi connectivity index (χ2n) is 6.97. The monoisotopic (exact) mass is 433 g/mol. The molecule has 0 bridgehead atoms. The third kappa shape index (κ3) is 7.48. The average molecular weight is 434 g/mol. The van der Waals surface area contributed by atoms with Crippen molar-refractivity contribution in [2.24, 2.45) is 0 Å². The van der Waals surface area contributed by atoms with Crippen LogP contribution >= 0.6 is 11.6 Å². The summed E-state index contributed by atoms with van der Waals surface area (Å²) in [5, 5.41) is 6.31. The molecule has 2 rings (SSSR count). The molecule has 0 aliphatic heterocycles. The minimum atomic E-state index is -0.235. The first-order valence-electron chi connectivity index (χ1n) is 9.76. The van der Waals surface area contributed by atoms with Crippen molar-refractivity contribution in [3.63, 3.8) is 0 Å². The molecule has 7 nitrogen and oxygen atoms in total. The van der Waals surface area contributed by atoms with E-state index in [-0.39, 0.29) is 30.9 Å². The number of nitrogens with zero attached hydrogens (tertiary/aromatic N) is 1. The van der Waals surface area contributed by atoms with Gasteiger partial charge in [-0.15, -0.1) is 0 Å². The smallest absolute Gasteiger partial charge is 0.242 e. The van der Waals surface area contributed by atoms with Gasteiger partial charge in [-0.25, -0.2) is 0 Å². The predicted octanol–water partition coefficient (Wildman–Crippen LogP) is 3.93. The van der Waals surface area contributed by atoms with Crippen LogP contribution < -0.4 is 20.1 Å². The number of hydrogen-bond acceptors (Lipinski definition) is 5. The molecule has 0 unspecified atom stereocenters. The van der Waals surface area contributed by atoms with Crippen molar-refractivity contribution in [2.75, 3.05) is 32.1 Å². The predicted molar refractivity (Wildman–Crippen MR) is 119 cm³/mol. The number of anilines is 1. The zero-order valence-electron chi connectivity index (χ0n) is 17.7. The summed E-state index contributed by atoms with van der Waals surface area (Å²) in [6, 6.07) is 12.4. The lowest BCUT2D eigenvalue weighted by Crippen LogP contribution is -2.42. The highest BCUT2D eigenvalue weighted by molar-refractivity contribution is 6.30. The number of benzene rings is 2. The average Bonchev–Trinajstić information content (AvgIpc) is 2.68. The van der Waals surface area contributed by atoms with E-state index in [4.69, 9.17) is 21.1 Å². The molecule has 30 heavy (non-hydrogen) atoms. The summed E-state index contributed by atoms with van der Waals surface area (Å²) in [5.74, 6) is 1.47. The molecule has 0 fully saturated rings. The van der Waals surface area contributed by atoms with Crippen LogP contribution in [0, 0.1) is 0 Å². The molecule has 0 aliphatic carbocycles. The van der Waals surface area contributed by atoms with Crippen LogP contribution in [0.15, 0.2) is 42.5 Å². The van der Waals surface area contributed by atoms with Crippen molar-refractivity contribution >= 4 is 29.1 Å². The highest BCUT2D eigenvalue weighted by Gasteiger charge is 2.15. The van der Waals surface area contributed by atoms with E-state index in [0.29, 0.717) is 28.8 Å². The van der Waals surface area contributed by atoms with E-state index < -0.39 is 0 Å². The Morgan fingerprint density at radius 2 is 1.77 bits per heavy atom. The van der Waals surface area contributed by atoms with Gasteiger partial charge in [0, 0.05) is 18.1 Å². The summed E-state index contributed by atoms with van der Waals surface area (Å²) in [7, 11) is 1.58.